The van der Waals surface area contributed by atoms with Crippen LogP contribution in [0.2, 0.25) is 0 Å². The topological polar surface area (TPSA) is 118 Å². The van der Waals surface area contributed by atoms with Crippen LogP contribution in [0, 0.1) is 19.8 Å². The molecule has 33 heavy (non-hydrogen) atoms. The molecule has 1 aliphatic heterocycles. The molecular weight excluding hydrogens is 462 g/mol. The summed E-state index contributed by atoms with van der Waals surface area (Å²) >= 11 is 1.32. The van der Waals surface area contributed by atoms with Gasteiger partial charge < -0.3 is 9.84 Å². The molecule has 1 fully saturated rings. The number of benzene rings is 1. The molecule has 1 N–H and O–H groups in total. The first-order valence-electron chi connectivity index (χ1n) is 10.8. The number of hydrogen-bond acceptors (Lipinski definition) is 8. The number of anilines is 1. The second kappa shape index (κ2) is 9.32. The third kappa shape index (κ3) is 4.85. The van der Waals surface area contributed by atoms with Crippen molar-refractivity contribution in [1.29, 1.82) is 0 Å². The molecule has 0 aliphatic carbocycles. The number of rotatable bonds is 6. The predicted octanol–water partition coefficient (Wildman–Crippen LogP) is 3.97. The zero-order chi connectivity index (χ0) is 23.8. The standard InChI is InChI=1S/C22H27N5O4S2/c1-13(2)16-5-7-18(8-6-16)21-24-25-22(32-21)23-20(28)17-9-11-27(12-10-17)33(29,30)19-14(3)26-31-15(19)4/h5-8,13,17H,9-12H2,1-4H3,(H,23,25,28). The molecule has 2 aromatic heterocycles. The lowest BCUT2D eigenvalue weighted by Crippen LogP contribution is -2.41. The van der Waals surface area contributed by atoms with Gasteiger partial charge in [0.2, 0.25) is 21.1 Å². The van der Waals surface area contributed by atoms with Crippen molar-refractivity contribution in [3.63, 3.8) is 0 Å². The average Bonchev–Trinajstić information content (AvgIpc) is 3.40. The van der Waals surface area contributed by atoms with Gasteiger partial charge in [0.25, 0.3) is 0 Å². The Kier molecular flexibility index (Phi) is 6.64. The molecular formula is C22H27N5O4S2. The number of nitrogens with zero attached hydrogens (tertiary/aromatic N) is 4. The fourth-order valence-electron chi connectivity index (χ4n) is 3.94. The van der Waals surface area contributed by atoms with Gasteiger partial charge in [0.1, 0.15) is 15.6 Å². The minimum absolute atomic E-state index is 0.119. The summed E-state index contributed by atoms with van der Waals surface area (Å²) in [6, 6.07) is 8.17. The monoisotopic (exact) mass is 489 g/mol. The van der Waals surface area contributed by atoms with Crippen molar-refractivity contribution in [2.24, 2.45) is 5.92 Å². The van der Waals surface area contributed by atoms with Gasteiger partial charge in [-0.2, -0.15) is 4.31 Å². The van der Waals surface area contributed by atoms with E-state index in [2.05, 4.69) is 46.7 Å². The molecule has 1 amide bonds. The molecule has 3 aromatic rings. The van der Waals surface area contributed by atoms with E-state index >= 15 is 0 Å². The van der Waals surface area contributed by atoms with Gasteiger partial charge in [0.05, 0.1) is 0 Å². The Morgan fingerprint density at radius 2 is 1.82 bits per heavy atom. The van der Waals surface area contributed by atoms with Crippen molar-refractivity contribution in [3.8, 4) is 10.6 Å². The second-order valence-corrected chi connectivity index (χ2v) is 11.4. The highest BCUT2D eigenvalue weighted by Crippen LogP contribution is 2.30. The number of nitrogens with one attached hydrogen (secondary N) is 1. The summed E-state index contributed by atoms with van der Waals surface area (Å²) in [5.41, 5.74) is 2.55. The number of piperidine rings is 1. The van der Waals surface area contributed by atoms with Gasteiger partial charge in [-0.25, -0.2) is 8.42 Å². The summed E-state index contributed by atoms with van der Waals surface area (Å²) in [5.74, 6) is 0.272. The molecule has 0 unspecified atom stereocenters. The largest absolute Gasteiger partial charge is 0.360 e. The Hall–Kier alpha value is -2.63. The first-order valence-corrected chi connectivity index (χ1v) is 13.1. The van der Waals surface area contributed by atoms with E-state index in [9.17, 15) is 13.2 Å². The highest BCUT2D eigenvalue weighted by Gasteiger charge is 2.35. The second-order valence-electron chi connectivity index (χ2n) is 8.51. The van der Waals surface area contributed by atoms with Crippen LogP contribution in [0.25, 0.3) is 10.6 Å². The third-order valence-electron chi connectivity index (χ3n) is 5.87. The maximum absolute atomic E-state index is 13.0. The molecule has 11 heteroatoms. The zero-order valence-corrected chi connectivity index (χ0v) is 20.7. The van der Waals surface area contributed by atoms with Gasteiger partial charge in [0.15, 0.2) is 5.76 Å². The quantitative estimate of drug-likeness (QED) is 0.556. The summed E-state index contributed by atoms with van der Waals surface area (Å²) < 4.78 is 32.3. The highest BCUT2D eigenvalue weighted by atomic mass is 32.2. The Balaban J connectivity index is 1.36. The molecule has 0 bridgehead atoms. The lowest BCUT2D eigenvalue weighted by atomic mass is 9.97. The van der Waals surface area contributed by atoms with E-state index in [-0.39, 0.29) is 35.6 Å². The van der Waals surface area contributed by atoms with Crippen LogP contribution in [0.3, 0.4) is 0 Å². The first kappa shape index (κ1) is 23.5. The van der Waals surface area contributed by atoms with E-state index in [0.717, 1.165) is 10.6 Å². The van der Waals surface area contributed by atoms with Gasteiger partial charge in [-0.15, -0.1) is 10.2 Å². The van der Waals surface area contributed by atoms with Crippen molar-refractivity contribution >= 4 is 32.4 Å². The zero-order valence-electron chi connectivity index (χ0n) is 19.0. The molecule has 176 valence electrons. The van der Waals surface area contributed by atoms with Crippen molar-refractivity contribution in [2.75, 3.05) is 18.4 Å². The van der Waals surface area contributed by atoms with Crippen molar-refractivity contribution in [3.05, 3.63) is 41.3 Å². The molecule has 0 spiro atoms. The van der Waals surface area contributed by atoms with Crippen molar-refractivity contribution in [2.45, 2.75) is 51.3 Å². The summed E-state index contributed by atoms with van der Waals surface area (Å²) in [6.45, 7) is 8.00. The molecule has 9 nitrogen and oxygen atoms in total. The van der Waals surface area contributed by atoms with Gasteiger partial charge in [0, 0.05) is 24.6 Å². The van der Waals surface area contributed by atoms with Gasteiger partial charge in [-0.05, 0) is 38.2 Å². The minimum Gasteiger partial charge on any atom is -0.360 e. The van der Waals surface area contributed by atoms with E-state index in [0.29, 0.717) is 29.6 Å². The van der Waals surface area contributed by atoms with Crippen molar-refractivity contribution < 1.29 is 17.7 Å². The SMILES string of the molecule is Cc1noc(C)c1S(=O)(=O)N1CCC(C(=O)Nc2nnc(-c3ccc(C(C)C)cc3)s2)CC1. The number of aromatic nitrogens is 3. The van der Waals surface area contributed by atoms with Crippen LogP contribution in [0.4, 0.5) is 5.13 Å². The maximum atomic E-state index is 13.0. The van der Waals surface area contributed by atoms with Gasteiger partial charge in [-0.1, -0.05) is 54.6 Å². The maximum Gasteiger partial charge on any atom is 0.248 e. The fraction of sp³-hybridized carbons (Fsp3) is 0.455. The van der Waals surface area contributed by atoms with E-state index in [1.165, 1.54) is 21.2 Å². The number of carbonyl (C=O) groups excluding carboxylic acids is 1. The number of sulfonamides is 1. The van der Waals surface area contributed by atoms with E-state index in [4.69, 9.17) is 4.52 Å². The van der Waals surface area contributed by atoms with Gasteiger partial charge >= 0.3 is 0 Å². The summed E-state index contributed by atoms with van der Waals surface area (Å²) in [4.78, 5) is 12.9. The Morgan fingerprint density at radius 3 is 2.39 bits per heavy atom. The lowest BCUT2D eigenvalue weighted by Gasteiger charge is -2.30. The molecule has 4 rings (SSSR count). The summed E-state index contributed by atoms with van der Waals surface area (Å²) in [6.07, 6.45) is 0.855. The third-order valence-corrected chi connectivity index (χ3v) is 8.90. The minimum atomic E-state index is -3.70. The number of amides is 1. The molecule has 0 saturated carbocycles. The van der Waals surface area contributed by atoms with E-state index in [1.807, 2.05) is 12.1 Å². The molecule has 0 radical (unpaired) electrons. The fourth-order valence-corrected chi connectivity index (χ4v) is 6.45. The average molecular weight is 490 g/mol. The van der Waals surface area contributed by atoms with Crippen LogP contribution < -0.4 is 5.32 Å². The molecule has 0 atom stereocenters. The Morgan fingerprint density at radius 1 is 1.15 bits per heavy atom. The smallest absolute Gasteiger partial charge is 0.248 e. The Labute approximate surface area is 197 Å². The Bertz CT molecular complexity index is 1220. The number of carbonyl (C=O) groups is 1. The van der Waals surface area contributed by atoms with E-state index in [1.54, 1.807) is 13.8 Å². The normalized spacial score (nSPS) is 15.8. The van der Waals surface area contributed by atoms with Crippen molar-refractivity contribution in [1.82, 2.24) is 19.7 Å². The van der Waals surface area contributed by atoms with Gasteiger partial charge in [-0.3, -0.25) is 4.79 Å². The first-order chi connectivity index (χ1) is 15.7. The number of hydrogen-bond donors (Lipinski definition) is 1. The van der Waals surface area contributed by atoms with Crippen LogP contribution in [0.5, 0.6) is 0 Å². The lowest BCUT2D eigenvalue weighted by molar-refractivity contribution is -0.120. The molecule has 3 heterocycles. The molecule has 1 saturated heterocycles. The molecule has 1 aromatic carbocycles. The predicted molar refractivity (Wildman–Crippen MR) is 126 cm³/mol. The number of aryl methyl sites for hydroxylation is 2. The van der Waals surface area contributed by atoms with Crippen LogP contribution in [-0.2, 0) is 14.8 Å². The van der Waals surface area contributed by atoms with E-state index < -0.39 is 10.0 Å². The molecule has 1 aliphatic rings. The highest BCUT2D eigenvalue weighted by molar-refractivity contribution is 7.89. The summed E-state index contributed by atoms with van der Waals surface area (Å²) in [7, 11) is -3.70. The van der Waals surface area contributed by atoms with Crippen LogP contribution in [-0.4, -0.2) is 47.1 Å². The van der Waals surface area contributed by atoms with Crippen LogP contribution >= 0.6 is 11.3 Å². The van der Waals surface area contributed by atoms with Crippen LogP contribution in [0.15, 0.2) is 33.7 Å². The van der Waals surface area contributed by atoms with Crippen LogP contribution in [0.1, 0.15) is 49.6 Å². The summed E-state index contributed by atoms with van der Waals surface area (Å²) in [5, 5.41) is 16.1.